The summed E-state index contributed by atoms with van der Waals surface area (Å²) in [4.78, 5) is 2.28. The van der Waals surface area contributed by atoms with Crippen LogP contribution in [0.5, 0.6) is 0 Å². The molecular formula is C22H25ClN4O2S. The predicted octanol–water partition coefficient (Wildman–Crippen LogP) is 3.33. The molecule has 8 heteroatoms. The number of nitrogens with zero attached hydrogens (tertiary/aromatic N) is 4. The summed E-state index contributed by atoms with van der Waals surface area (Å²) in [7, 11) is -3.13. The van der Waals surface area contributed by atoms with E-state index in [1.54, 1.807) is 4.31 Å². The van der Waals surface area contributed by atoms with Gasteiger partial charge in [-0.2, -0.15) is 9.40 Å². The molecule has 0 spiro atoms. The summed E-state index contributed by atoms with van der Waals surface area (Å²) in [6.45, 7) is 3.88. The highest BCUT2D eigenvalue weighted by molar-refractivity contribution is 7.88. The van der Waals surface area contributed by atoms with Crippen LogP contribution in [0.15, 0.2) is 60.8 Å². The van der Waals surface area contributed by atoms with Crippen LogP contribution in [0.2, 0.25) is 5.02 Å². The van der Waals surface area contributed by atoms with Gasteiger partial charge in [0.25, 0.3) is 0 Å². The highest BCUT2D eigenvalue weighted by atomic mass is 35.5. The molecule has 0 bridgehead atoms. The summed E-state index contributed by atoms with van der Waals surface area (Å²) in [5, 5.41) is 5.56. The van der Waals surface area contributed by atoms with E-state index < -0.39 is 10.0 Å². The summed E-state index contributed by atoms with van der Waals surface area (Å²) in [6.07, 6.45) is 3.37. The van der Waals surface area contributed by atoms with E-state index in [0.717, 1.165) is 23.4 Å². The Morgan fingerprint density at radius 1 is 0.933 bits per heavy atom. The molecule has 30 heavy (non-hydrogen) atoms. The molecule has 1 saturated heterocycles. The molecule has 6 nitrogen and oxygen atoms in total. The zero-order valence-corrected chi connectivity index (χ0v) is 18.5. The van der Waals surface area contributed by atoms with Gasteiger partial charge in [0, 0.05) is 55.1 Å². The average molecular weight is 445 g/mol. The lowest BCUT2D eigenvalue weighted by molar-refractivity contribution is 0.182. The van der Waals surface area contributed by atoms with Gasteiger partial charge < -0.3 is 0 Å². The van der Waals surface area contributed by atoms with E-state index in [4.69, 9.17) is 16.7 Å². The first-order valence-electron chi connectivity index (χ1n) is 9.92. The zero-order chi connectivity index (χ0) is 21.1. The third-order valence-corrected chi connectivity index (χ3v) is 6.89. The number of piperazine rings is 1. The number of sulfonamides is 1. The van der Waals surface area contributed by atoms with Crippen molar-refractivity contribution in [2.24, 2.45) is 0 Å². The van der Waals surface area contributed by atoms with Crippen LogP contribution >= 0.6 is 11.6 Å². The third-order valence-electron chi connectivity index (χ3n) is 5.34. The Balaban J connectivity index is 1.57. The maximum atomic E-state index is 11.8. The van der Waals surface area contributed by atoms with Crippen LogP contribution in [-0.2, 0) is 23.1 Å². The Kier molecular flexibility index (Phi) is 6.24. The van der Waals surface area contributed by atoms with Crippen LogP contribution in [0, 0.1) is 0 Å². The maximum absolute atomic E-state index is 11.8. The molecule has 4 rings (SSSR count). The Hall–Kier alpha value is -2.19. The molecule has 1 aromatic heterocycles. The van der Waals surface area contributed by atoms with Crippen LogP contribution in [-0.4, -0.2) is 59.8 Å². The fourth-order valence-electron chi connectivity index (χ4n) is 3.74. The number of hydrogen-bond acceptors (Lipinski definition) is 4. The Morgan fingerprint density at radius 3 is 2.23 bits per heavy atom. The molecule has 3 aromatic rings. The molecule has 158 valence electrons. The predicted molar refractivity (Wildman–Crippen MR) is 120 cm³/mol. The van der Waals surface area contributed by atoms with Crippen molar-refractivity contribution in [3.05, 3.63) is 76.9 Å². The number of rotatable bonds is 6. The molecule has 2 heterocycles. The summed E-state index contributed by atoms with van der Waals surface area (Å²) in [5.41, 5.74) is 4.28. The van der Waals surface area contributed by atoms with E-state index in [1.807, 2.05) is 47.1 Å². The van der Waals surface area contributed by atoms with Crippen molar-refractivity contribution in [3.8, 4) is 11.3 Å². The van der Waals surface area contributed by atoms with Gasteiger partial charge >= 0.3 is 0 Å². The van der Waals surface area contributed by atoms with E-state index in [-0.39, 0.29) is 0 Å². The van der Waals surface area contributed by atoms with Crippen molar-refractivity contribution in [3.63, 3.8) is 0 Å². The van der Waals surface area contributed by atoms with Crippen LogP contribution < -0.4 is 0 Å². The first-order chi connectivity index (χ1) is 14.4. The summed E-state index contributed by atoms with van der Waals surface area (Å²) in [5.74, 6) is 0. The third kappa shape index (κ3) is 5.10. The summed E-state index contributed by atoms with van der Waals surface area (Å²) >= 11 is 6.07. The highest BCUT2D eigenvalue weighted by Gasteiger charge is 2.24. The van der Waals surface area contributed by atoms with E-state index >= 15 is 0 Å². The second-order valence-electron chi connectivity index (χ2n) is 7.63. The van der Waals surface area contributed by atoms with Crippen molar-refractivity contribution in [2.45, 2.75) is 13.1 Å². The maximum Gasteiger partial charge on any atom is 0.211 e. The van der Waals surface area contributed by atoms with Crippen molar-refractivity contribution in [1.29, 1.82) is 0 Å². The van der Waals surface area contributed by atoms with E-state index in [9.17, 15) is 8.42 Å². The Bertz CT molecular complexity index is 1090. The molecule has 0 radical (unpaired) electrons. The molecule has 0 atom stereocenters. The van der Waals surface area contributed by atoms with E-state index in [2.05, 4.69) is 23.2 Å². The molecule has 0 unspecified atom stereocenters. The Morgan fingerprint density at radius 2 is 1.60 bits per heavy atom. The van der Waals surface area contributed by atoms with Crippen molar-refractivity contribution >= 4 is 21.6 Å². The van der Waals surface area contributed by atoms with E-state index in [0.29, 0.717) is 37.7 Å². The van der Waals surface area contributed by atoms with Gasteiger partial charge in [-0.15, -0.1) is 0 Å². The molecule has 1 aliphatic heterocycles. The minimum absolute atomic E-state index is 0.521. The highest BCUT2D eigenvalue weighted by Crippen LogP contribution is 2.26. The standard InChI is InChI=1S/C22H25ClN4O2S/c1-30(28,29)27-13-11-25(12-14-27)16-20-17-26(15-18-5-3-2-4-6-18)24-22(20)19-7-9-21(23)10-8-19/h2-10,17H,11-16H2,1H3. The summed E-state index contributed by atoms with van der Waals surface area (Å²) < 4.78 is 27.1. The minimum Gasteiger partial charge on any atom is -0.296 e. The van der Waals surface area contributed by atoms with Gasteiger partial charge in [0.2, 0.25) is 10.0 Å². The van der Waals surface area contributed by atoms with Gasteiger partial charge in [-0.25, -0.2) is 8.42 Å². The quantitative estimate of drug-likeness (QED) is 0.585. The minimum atomic E-state index is -3.13. The van der Waals surface area contributed by atoms with Crippen LogP contribution in [0.3, 0.4) is 0 Å². The van der Waals surface area contributed by atoms with Gasteiger partial charge in [-0.1, -0.05) is 54.1 Å². The SMILES string of the molecule is CS(=O)(=O)N1CCN(Cc2cn(Cc3ccccc3)nc2-c2ccc(Cl)cc2)CC1. The smallest absolute Gasteiger partial charge is 0.211 e. The van der Waals surface area contributed by atoms with Gasteiger partial charge in [0.1, 0.15) is 0 Å². The number of aromatic nitrogens is 2. The molecule has 1 fully saturated rings. The number of benzene rings is 2. The molecule has 0 aliphatic carbocycles. The summed E-state index contributed by atoms with van der Waals surface area (Å²) in [6, 6.07) is 18.0. The van der Waals surface area contributed by atoms with Crippen LogP contribution in [0.1, 0.15) is 11.1 Å². The number of halogens is 1. The van der Waals surface area contributed by atoms with Crippen LogP contribution in [0.4, 0.5) is 0 Å². The molecule has 0 saturated carbocycles. The van der Waals surface area contributed by atoms with E-state index in [1.165, 1.54) is 11.8 Å². The van der Waals surface area contributed by atoms with Crippen molar-refractivity contribution < 1.29 is 8.42 Å². The second kappa shape index (κ2) is 8.89. The molecule has 0 N–H and O–H groups in total. The van der Waals surface area contributed by atoms with Gasteiger partial charge in [0.05, 0.1) is 18.5 Å². The molecule has 1 aliphatic rings. The lowest BCUT2D eigenvalue weighted by atomic mass is 10.1. The van der Waals surface area contributed by atoms with Gasteiger partial charge in [0.15, 0.2) is 0 Å². The normalized spacial score (nSPS) is 16.1. The Labute approximate surface area is 182 Å². The second-order valence-corrected chi connectivity index (χ2v) is 10.1. The largest absolute Gasteiger partial charge is 0.296 e. The van der Waals surface area contributed by atoms with Crippen molar-refractivity contribution in [1.82, 2.24) is 19.0 Å². The molecular weight excluding hydrogens is 420 g/mol. The molecule has 2 aromatic carbocycles. The molecule has 0 amide bonds. The average Bonchev–Trinajstić information content (AvgIpc) is 3.11. The fraction of sp³-hybridized carbons (Fsp3) is 0.318. The fourth-order valence-corrected chi connectivity index (χ4v) is 4.69. The lowest BCUT2D eigenvalue weighted by Gasteiger charge is -2.33. The van der Waals surface area contributed by atoms with Gasteiger partial charge in [-0.05, 0) is 17.7 Å². The van der Waals surface area contributed by atoms with Crippen molar-refractivity contribution in [2.75, 3.05) is 32.4 Å². The topological polar surface area (TPSA) is 58.4 Å². The monoisotopic (exact) mass is 444 g/mol. The zero-order valence-electron chi connectivity index (χ0n) is 16.9. The van der Waals surface area contributed by atoms with Crippen LogP contribution in [0.25, 0.3) is 11.3 Å². The lowest BCUT2D eigenvalue weighted by Crippen LogP contribution is -2.47. The number of hydrogen-bond donors (Lipinski definition) is 0. The first-order valence-corrected chi connectivity index (χ1v) is 12.1. The first kappa shape index (κ1) is 21.1. The van der Waals surface area contributed by atoms with Gasteiger partial charge in [-0.3, -0.25) is 9.58 Å².